The van der Waals surface area contributed by atoms with Crippen LogP contribution >= 0.6 is 22.0 Å². The number of thiophene rings is 1. The molecular weight excluding hydrogens is 310 g/mol. The SMILES string of the molecule is CC1CCOC1C(=O)NCc1ccc(S(=O)(=O)Cl)s1. The summed E-state index contributed by atoms with van der Waals surface area (Å²) in [6.07, 6.45) is 0.474. The number of ether oxygens (including phenoxy) is 1. The summed E-state index contributed by atoms with van der Waals surface area (Å²) in [6.45, 7) is 2.86. The molecule has 8 heteroatoms. The maximum absolute atomic E-state index is 11.9. The molecule has 106 valence electrons. The van der Waals surface area contributed by atoms with Crippen LogP contribution in [0.3, 0.4) is 0 Å². The summed E-state index contributed by atoms with van der Waals surface area (Å²) in [5.74, 6) is 0.0517. The van der Waals surface area contributed by atoms with E-state index in [1.54, 1.807) is 6.07 Å². The molecule has 0 aliphatic carbocycles. The average molecular weight is 324 g/mol. The minimum atomic E-state index is -3.69. The van der Waals surface area contributed by atoms with E-state index in [0.717, 1.165) is 22.6 Å². The Morgan fingerprint density at radius 2 is 2.32 bits per heavy atom. The van der Waals surface area contributed by atoms with E-state index < -0.39 is 15.2 Å². The molecule has 19 heavy (non-hydrogen) atoms. The topological polar surface area (TPSA) is 72.5 Å². The van der Waals surface area contributed by atoms with E-state index >= 15 is 0 Å². The molecule has 1 aliphatic heterocycles. The second-order valence-electron chi connectivity index (χ2n) is 4.43. The molecule has 2 rings (SSSR count). The molecule has 1 aromatic heterocycles. The van der Waals surface area contributed by atoms with Crippen LogP contribution in [-0.2, 0) is 25.1 Å². The lowest BCUT2D eigenvalue weighted by Gasteiger charge is -2.13. The van der Waals surface area contributed by atoms with Gasteiger partial charge in [0, 0.05) is 22.2 Å². The number of halogens is 1. The lowest BCUT2D eigenvalue weighted by molar-refractivity contribution is -0.131. The number of carbonyl (C=O) groups excluding carboxylic acids is 1. The van der Waals surface area contributed by atoms with Crippen LogP contribution in [0.2, 0.25) is 0 Å². The van der Waals surface area contributed by atoms with E-state index in [0.29, 0.717) is 6.61 Å². The second kappa shape index (κ2) is 5.78. The average Bonchev–Trinajstić information content (AvgIpc) is 2.93. The first-order valence-electron chi connectivity index (χ1n) is 5.80. The van der Waals surface area contributed by atoms with Crippen molar-refractivity contribution < 1.29 is 17.9 Å². The van der Waals surface area contributed by atoms with E-state index in [1.807, 2.05) is 6.92 Å². The smallest absolute Gasteiger partial charge is 0.270 e. The Labute approximate surface area is 120 Å². The fraction of sp³-hybridized carbons (Fsp3) is 0.545. The van der Waals surface area contributed by atoms with Gasteiger partial charge in [0.2, 0.25) is 5.91 Å². The summed E-state index contributed by atoms with van der Waals surface area (Å²) < 4.78 is 27.6. The molecule has 0 bridgehead atoms. The quantitative estimate of drug-likeness (QED) is 0.856. The summed E-state index contributed by atoms with van der Waals surface area (Å²) in [6, 6.07) is 3.07. The number of nitrogens with one attached hydrogen (secondary N) is 1. The van der Waals surface area contributed by atoms with Gasteiger partial charge in [-0.3, -0.25) is 4.79 Å². The van der Waals surface area contributed by atoms with Gasteiger partial charge in [0.25, 0.3) is 9.05 Å². The van der Waals surface area contributed by atoms with E-state index in [4.69, 9.17) is 15.4 Å². The number of amides is 1. The Balaban J connectivity index is 1.92. The van der Waals surface area contributed by atoms with Crippen LogP contribution in [0.4, 0.5) is 0 Å². The molecule has 1 N–H and O–H groups in total. The number of hydrogen-bond donors (Lipinski definition) is 1. The van der Waals surface area contributed by atoms with Crippen molar-refractivity contribution in [3.63, 3.8) is 0 Å². The summed E-state index contributed by atoms with van der Waals surface area (Å²) in [7, 11) is 1.54. The van der Waals surface area contributed by atoms with Gasteiger partial charge >= 0.3 is 0 Å². The third-order valence-electron chi connectivity index (χ3n) is 2.96. The highest BCUT2D eigenvalue weighted by Gasteiger charge is 2.30. The van der Waals surface area contributed by atoms with Gasteiger partial charge < -0.3 is 10.1 Å². The normalized spacial score (nSPS) is 23.5. The molecule has 2 unspecified atom stereocenters. The number of carbonyl (C=O) groups is 1. The Morgan fingerprint density at radius 3 is 2.84 bits per heavy atom. The van der Waals surface area contributed by atoms with E-state index in [9.17, 15) is 13.2 Å². The standard InChI is InChI=1S/C11H14ClNO4S2/c1-7-4-5-17-10(7)11(14)13-6-8-2-3-9(18-8)19(12,15)16/h2-3,7,10H,4-6H2,1H3,(H,13,14). The van der Waals surface area contributed by atoms with Crippen LogP contribution in [0.25, 0.3) is 0 Å². The fourth-order valence-corrected chi connectivity index (χ4v) is 3.95. The highest BCUT2D eigenvalue weighted by molar-refractivity contribution is 8.15. The van der Waals surface area contributed by atoms with Crippen molar-refractivity contribution >= 4 is 37.0 Å². The highest BCUT2D eigenvalue weighted by Crippen LogP contribution is 2.25. The van der Waals surface area contributed by atoms with Gasteiger partial charge in [-0.2, -0.15) is 0 Å². The predicted molar refractivity (Wildman–Crippen MR) is 72.7 cm³/mol. The van der Waals surface area contributed by atoms with Crippen molar-refractivity contribution in [1.29, 1.82) is 0 Å². The summed E-state index contributed by atoms with van der Waals surface area (Å²) in [5.41, 5.74) is 0. The number of hydrogen-bond acceptors (Lipinski definition) is 5. The Bertz CT molecular complexity index is 569. The molecule has 1 aromatic rings. The van der Waals surface area contributed by atoms with E-state index in [1.165, 1.54) is 6.07 Å². The molecule has 0 radical (unpaired) electrons. The van der Waals surface area contributed by atoms with Crippen LogP contribution in [0.15, 0.2) is 16.3 Å². The monoisotopic (exact) mass is 323 g/mol. The van der Waals surface area contributed by atoms with Crippen molar-refractivity contribution in [2.45, 2.75) is 30.2 Å². The second-order valence-corrected chi connectivity index (χ2v) is 8.39. The van der Waals surface area contributed by atoms with Crippen molar-refractivity contribution in [1.82, 2.24) is 5.32 Å². The largest absolute Gasteiger partial charge is 0.368 e. The van der Waals surface area contributed by atoms with Crippen molar-refractivity contribution in [2.24, 2.45) is 5.92 Å². The molecule has 1 aliphatic rings. The first-order valence-corrected chi connectivity index (χ1v) is 8.93. The zero-order valence-electron chi connectivity index (χ0n) is 10.3. The van der Waals surface area contributed by atoms with Crippen molar-refractivity contribution in [3.05, 3.63) is 17.0 Å². The third kappa shape index (κ3) is 3.68. The van der Waals surface area contributed by atoms with Crippen molar-refractivity contribution in [2.75, 3.05) is 6.61 Å². The van der Waals surface area contributed by atoms with Crippen LogP contribution < -0.4 is 5.32 Å². The van der Waals surface area contributed by atoms with Gasteiger partial charge in [0.15, 0.2) is 0 Å². The first-order chi connectivity index (χ1) is 8.88. The van der Waals surface area contributed by atoms with Crippen LogP contribution in [-0.4, -0.2) is 27.0 Å². The van der Waals surface area contributed by atoms with E-state index in [2.05, 4.69) is 5.32 Å². The predicted octanol–water partition coefficient (Wildman–Crippen LogP) is 1.72. The lowest BCUT2D eigenvalue weighted by Crippen LogP contribution is -2.36. The van der Waals surface area contributed by atoms with Crippen molar-refractivity contribution in [3.8, 4) is 0 Å². The first kappa shape index (κ1) is 14.8. The van der Waals surface area contributed by atoms with Gasteiger partial charge in [0.1, 0.15) is 10.3 Å². The zero-order valence-corrected chi connectivity index (χ0v) is 12.6. The molecule has 1 fully saturated rings. The maximum Gasteiger partial charge on any atom is 0.270 e. The summed E-state index contributed by atoms with van der Waals surface area (Å²) in [4.78, 5) is 12.6. The van der Waals surface area contributed by atoms with Gasteiger partial charge in [-0.25, -0.2) is 8.42 Å². The molecule has 0 aromatic carbocycles. The summed E-state index contributed by atoms with van der Waals surface area (Å²) >= 11 is 1.05. The molecule has 5 nitrogen and oxygen atoms in total. The minimum Gasteiger partial charge on any atom is -0.368 e. The van der Waals surface area contributed by atoms with Gasteiger partial charge in [0.05, 0.1) is 6.54 Å². The summed E-state index contributed by atoms with van der Waals surface area (Å²) in [5, 5.41) is 2.74. The fourth-order valence-electron chi connectivity index (χ4n) is 1.89. The molecule has 2 atom stereocenters. The van der Waals surface area contributed by atoms with Crippen LogP contribution in [0.1, 0.15) is 18.2 Å². The molecule has 0 saturated carbocycles. The highest BCUT2D eigenvalue weighted by atomic mass is 35.7. The minimum absolute atomic E-state index is 0.0869. The lowest BCUT2D eigenvalue weighted by atomic mass is 10.0. The van der Waals surface area contributed by atoms with Gasteiger partial charge in [-0.1, -0.05) is 6.92 Å². The Morgan fingerprint density at radius 1 is 1.58 bits per heavy atom. The molecule has 0 spiro atoms. The van der Waals surface area contributed by atoms with Crippen LogP contribution in [0.5, 0.6) is 0 Å². The Hall–Kier alpha value is -0.630. The van der Waals surface area contributed by atoms with Gasteiger partial charge in [-0.05, 0) is 24.5 Å². The molecule has 1 saturated heterocycles. The molecular formula is C11H14ClNO4S2. The number of rotatable bonds is 4. The Kier molecular flexibility index (Phi) is 4.50. The third-order valence-corrected chi connectivity index (χ3v) is 6.14. The van der Waals surface area contributed by atoms with E-state index in [-0.39, 0.29) is 22.6 Å². The zero-order chi connectivity index (χ0) is 14.0. The molecule has 2 heterocycles. The molecule has 1 amide bonds. The maximum atomic E-state index is 11.9. The van der Waals surface area contributed by atoms with Crippen LogP contribution in [0, 0.1) is 5.92 Å². The van der Waals surface area contributed by atoms with Gasteiger partial charge in [-0.15, -0.1) is 11.3 Å².